The van der Waals surface area contributed by atoms with Crippen molar-refractivity contribution in [3.63, 3.8) is 0 Å². The summed E-state index contributed by atoms with van der Waals surface area (Å²) < 4.78 is 6.16. The molecule has 0 N–H and O–H groups in total. The van der Waals surface area contributed by atoms with E-state index < -0.39 is 0 Å². The largest absolute Gasteiger partial charge is 0.453 e. The highest BCUT2D eigenvalue weighted by Gasteiger charge is 2.33. The maximum atomic E-state index is 6.47. The van der Waals surface area contributed by atoms with Crippen molar-refractivity contribution >= 4 is 23.1 Å². The summed E-state index contributed by atoms with van der Waals surface area (Å²) in [6.45, 7) is 4.35. The van der Waals surface area contributed by atoms with Gasteiger partial charge in [-0.2, -0.15) is 0 Å². The summed E-state index contributed by atoms with van der Waals surface area (Å²) in [5, 5.41) is 0.626. The van der Waals surface area contributed by atoms with Gasteiger partial charge in [-0.1, -0.05) is 29.8 Å². The molecule has 25 heavy (non-hydrogen) atoms. The number of piperazine rings is 1. The highest BCUT2D eigenvalue weighted by atomic mass is 35.5. The fraction of sp³-hybridized carbons (Fsp3) is 0.350. The number of aliphatic imine (C=N–C) groups is 1. The first-order valence-electron chi connectivity index (χ1n) is 8.93. The van der Waals surface area contributed by atoms with Gasteiger partial charge in [0.15, 0.2) is 11.5 Å². The predicted molar refractivity (Wildman–Crippen MR) is 100 cm³/mol. The zero-order chi connectivity index (χ0) is 16.8. The minimum Gasteiger partial charge on any atom is -0.453 e. The van der Waals surface area contributed by atoms with E-state index in [0.29, 0.717) is 16.8 Å². The molecule has 2 fully saturated rings. The standard InChI is InChI=1S/C20H20ClN3O/c21-16-7-3-6-15-19(16)25-18-9-2-1-8-17(18)22-20(15)24-12-11-23-10-4-5-14(23)13-24/h1-3,6-9,14H,4-5,10-13H2. The molecule has 2 aromatic rings. The van der Waals surface area contributed by atoms with Crippen LogP contribution in [-0.2, 0) is 0 Å². The van der Waals surface area contributed by atoms with E-state index in [1.807, 2.05) is 36.4 Å². The molecule has 128 valence electrons. The molecule has 3 aliphatic heterocycles. The number of nitrogens with zero attached hydrogens (tertiary/aromatic N) is 3. The molecule has 1 unspecified atom stereocenters. The number of ether oxygens (including phenoxy) is 1. The minimum atomic E-state index is 0.626. The molecule has 0 aromatic heterocycles. The van der Waals surface area contributed by atoms with Crippen LogP contribution in [0.25, 0.3) is 0 Å². The topological polar surface area (TPSA) is 28.1 Å². The van der Waals surface area contributed by atoms with E-state index in [2.05, 4.69) is 15.9 Å². The van der Waals surface area contributed by atoms with E-state index in [1.165, 1.54) is 19.4 Å². The van der Waals surface area contributed by atoms with Gasteiger partial charge in [-0.3, -0.25) is 4.90 Å². The summed E-state index contributed by atoms with van der Waals surface area (Å²) in [4.78, 5) is 10.0. The summed E-state index contributed by atoms with van der Waals surface area (Å²) >= 11 is 6.47. The van der Waals surface area contributed by atoms with Crippen molar-refractivity contribution in [3.05, 3.63) is 53.1 Å². The molecule has 2 saturated heterocycles. The van der Waals surface area contributed by atoms with Crippen molar-refractivity contribution < 1.29 is 4.74 Å². The highest BCUT2D eigenvalue weighted by molar-refractivity contribution is 6.33. The lowest BCUT2D eigenvalue weighted by atomic mass is 10.1. The first-order valence-corrected chi connectivity index (χ1v) is 9.31. The number of halogens is 1. The molecule has 4 nitrogen and oxygen atoms in total. The van der Waals surface area contributed by atoms with Crippen molar-refractivity contribution in [2.24, 2.45) is 4.99 Å². The minimum absolute atomic E-state index is 0.626. The van der Waals surface area contributed by atoms with E-state index in [4.69, 9.17) is 21.3 Å². The van der Waals surface area contributed by atoms with Crippen LogP contribution in [0.2, 0.25) is 5.02 Å². The Morgan fingerprint density at radius 3 is 2.92 bits per heavy atom. The van der Waals surface area contributed by atoms with Gasteiger partial charge >= 0.3 is 0 Å². The normalized spacial score (nSPS) is 22.4. The summed E-state index contributed by atoms with van der Waals surface area (Å²) in [6, 6.07) is 14.5. The Hall–Kier alpha value is -2.04. The third-order valence-corrected chi connectivity index (χ3v) is 5.70. The summed E-state index contributed by atoms with van der Waals surface area (Å²) in [6.07, 6.45) is 2.58. The average Bonchev–Trinajstić information content (AvgIpc) is 3.03. The van der Waals surface area contributed by atoms with Crippen LogP contribution < -0.4 is 4.74 Å². The molecule has 0 radical (unpaired) electrons. The molecule has 0 spiro atoms. The molecular formula is C20H20ClN3O. The van der Waals surface area contributed by atoms with Gasteiger partial charge in [-0.15, -0.1) is 0 Å². The van der Waals surface area contributed by atoms with E-state index in [0.717, 1.165) is 42.5 Å². The van der Waals surface area contributed by atoms with E-state index in [1.54, 1.807) is 0 Å². The van der Waals surface area contributed by atoms with Crippen LogP contribution in [-0.4, -0.2) is 47.9 Å². The van der Waals surface area contributed by atoms with Gasteiger partial charge in [0.2, 0.25) is 0 Å². The number of benzene rings is 2. The van der Waals surface area contributed by atoms with Crippen molar-refractivity contribution in [3.8, 4) is 11.5 Å². The smallest absolute Gasteiger partial charge is 0.157 e. The second kappa shape index (κ2) is 6.04. The average molecular weight is 354 g/mol. The second-order valence-corrected chi connectivity index (χ2v) is 7.31. The Balaban J connectivity index is 1.61. The highest BCUT2D eigenvalue weighted by Crippen LogP contribution is 2.41. The van der Waals surface area contributed by atoms with Gasteiger partial charge < -0.3 is 9.64 Å². The van der Waals surface area contributed by atoms with Crippen LogP contribution in [0.5, 0.6) is 11.5 Å². The van der Waals surface area contributed by atoms with E-state index in [-0.39, 0.29) is 0 Å². The van der Waals surface area contributed by atoms with Crippen LogP contribution in [0.4, 0.5) is 5.69 Å². The zero-order valence-electron chi connectivity index (χ0n) is 14.0. The third kappa shape index (κ3) is 2.60. The van der Waals surface area contributed by atoms with Gasteiger partial charge in [-0.25, -0.2) is 4.99 Å². The lowest BCUT2D eigenvalue weighted by molar-refractivity contribution is 0.152. The Morgan fingerprint density at radius 1 is 1.04 bits per heavy atom. The van der Waals surface area contributed by atoms with Gasteiger partial charge in [-0.05, 0) is 43.7 Å². The molecule has 5 rings (SSSR count). The van der Waals surface area contributed by atoms with Crippen LogP contribution in [0.1, 0.15) is 18.4 Å². The maximum Gasteiger partial charge on any atom is 0.157 e. The molecule has 1 atom stereocenters. The van der Waals surface area contributed by atoms with E-state index >= 15 is 0 Å². The number of hydrogen-bond acceptors (Lipinski definition) is 4. The maximum absolute atomic E-state index is 6.47. The number of para-hydroxylation sites is 3. The first kappa shape index (κ1) is 15.2. The number of hydrogen-bond donors (Lipinski definition) is 0. The molecule has 0 aliphatic carbocycles. The Kier molecular flexibility index (Phi) is 3.68. The Labute approximate surface area is 152 Å². The molecule has 3 heterocycles. The number of fused-ring (bicyclic) bond motifs is 3. The zero-order valence-corrected chi connectivity index (χ0v) is 14.7. The van der Waals surface area contributed by atoms with Crippen LogP contribution in [0.3, 0.4) is 0 Å². The molecule has 3 aliphatic rings. The molecule has 0 bridgehead atoms. The van der Waals surface area contributed by atoms with Crippen molar-refractivity contribution in [2.75, 3.05) is 26.2 Å². The molecule has 0 amide bonds. The summed E-state index contributed by atoms with van der Waals surface area (Å²) in [5.41, 5.74) is 1.84. The van der Waals surface area contributed by atoms with Gasteiger partial charge in [0.25, 0.3) is 0 Å². The van der Waals surface area contributed by atoms with Crippen LogP contribution >= 0.6 is 11.6 Å². The molecular weight excluding hydrogens is 334 g/mol. The quantitative estimate of drug-likeness (QED) is 0.706. The SMILES string of the molecule is Clc1cccc2c1Oc1ccccc1N=C2N1CCN2CCCC2C1. The number of amidine groups is 1. The molecule has 0 saturated carbocycles. The fourth-order valence-corrected chi connectivity index (χ4v) is 4.35. The third-order valence-electron chi connectivity index (χ3n) is 5.40. The van der Waals surface area contributed by atoms with Crippen LogP contribution in [0, 0.1) is 0 Å². The van der Waals surface area contributed by atoms with Crippen molar-refractivity contribution in [2.45, 2.75) is 18.9 Å². The van der Waals surface area contributed by atoms with Crippen molar-refractivity contribution in [1.82, 2.24) is 9.80 Å². The first-order chi connectivity index (χ1) is 12.3. The van der Waals surface area contributed by atoms with Gasteiger partial charge in [0.05, 0.1) is 10.6 Å². The fourth-order valence-electron chi connectivity index (χ4n) is 4.13. The predicted octanol–water partition coefficient (Wildman–Crippen LogP) is 4.30. The molecule has 2 aromatic carbocycles. The summed E-state index contributed by atoms with van der Waals surface area (Å²) in [5.74, 6) is 2.45. The van der Waals surface area contributed by atoms with Gasteiger partial charge in [0, 0.05) is 25.7 Å². The Morgan fingerprint density at radius 2 is 1.96 bits per heavy atom. The number of rotatable bonds is 0. The second-order valence-electron chi connectivity index (χ2n) is 6.90. The molecule has 5 heteroatoms. The lowest BCUT2D eigenvalue weighted by Gasteiger charge is -2.39. The summed E-state index contributed by atoms with van der Waals surface area (Å²) in [7, 11) is 0. The Bertz CT molecular complexity index is 851. The van der Waals surface area contributed by atoms with Crippen molar-refractivity contribution in [1.29, 1.82) is 0 Å². The van der Waals surface area contributed by atoms with Gasteiger partial charge in [0.1, 0.15) is 11.5 Å². The van der Waals surface area contributed by atoms with E-state index in [9.17, 15) is 0 Å². The monoisotopic (exact) mass is 353 g/mol. The van der Waals surface area contributed by atoms with Crippen LogP contribution in [0.15, 0.2) is 47.5 Å². The lowest BCUT2D eigenvalue weighted by Crippen LogP contribution is -2.52.